The van der Waals surface area contributed by atoms with Gasteiger partial charge >= 0.3 is 0 Å². The Labute approximate surface area is 66.2 Å². The van der Waals surface area contributed by atoms with Crippen molar-refractivity contribution >= 4 is 0 Å². The summed E-state index contributed by atoms with van der Waals surface area (Å²) in [6.45, 7) is 1.89. The molecule has 0 saturated carbocycles. The molecule has 0 saturated heterocycles. The Morgan fingerprint density at radius 2 is 2.36 bits per heavy atom. The zero-order valence-corrected chi connectivity index (χ0v) is 6.59. The van der Waals surface area contributed by atoms with Crippen molar-refractivity contribution in [3.8, 4) is 18.2 Å². The van der Waals surface area contributed by atoms with Crippen molar-refractivity contribution < 1.29 is 4.74 Å². The van der Waals surface area contributed by atoms with Crippen LogP contribution >= 0.6 is 0 Å². The molecule has 1 heterocycles. The van der Waals surface area contributed by atoms with E-state index in [0.29, 0.717) is 5.88 Å². The molecule has 11 heavy (non-hydrogen) atoms. The van der Waals surface area contributed by atoms with Crippen molar-refractivity contribution in [2.75, 3.05) is 7.11 Å². The van der Waals surface area contributed by atoms with Crippen molar-refractivity contribution in [3.05, 3.63) is 23.4 Å². The number of methoxy groups -OCH3 is 1. The lowest BCUT2D eigenvalue weighted by molar-refractivity contribution is 0.394. The number of pyridine rings is 1. The molecule has 2 nitrogen and oxygen atoms in total. The van der Waals surface area contributed by atoms with Crippen molar-refractivity contribution in [1.29, 1.82) is 0 Å². The molecular formula is C9H9NO. The van der Waals surface area contributed by atoms with Crippen molar-refractivity contribution in [2.45, 2.75) is 6.92 Å². The zero-order valence-electron chi connectivity index (χ0n) is 6.59. The Bertz CT molecular complexity index is 299. The Morgan fingerprint density at radius 1 is 1.64 bits per heavy atom. The monoisotopic (exact) mass is 147 g/mol. The molecular weight excluding hydrogens is 138 g/mol. The van der Waals surface area contributed by atoms with Gasteiger partial charge in [-0.25, -0.2) is 4.98 Å². The number of nitrogens with zero attached hydrogens (tertiary/aromatic N) is 1. The van der Waals surface area contributed by atoms with Gasteiger partial charge in [0, 0.05) is 17.3 Å². The predicted molar refractivity (Wildman–Crippen MR) is 43.5 cm³/mol. The molecule has 0 aliphatic rings. The lowest BCUT2D eigenvalue weighted by Crippen LogP contribution is -1.92. The van der Waals surface area contributed by atoms with Crippen LogP contribution in [0.1, 0.15) is 11.1 Å². The van der Waals surface area contributed by atoms with E-state index in [1.807, 2.05) is 6.92 Å². The summed E-state index contributed by atoms with van der Waals surface area (Å²) in [6, 6.07) is 1.79. The third kappa shape index (κ3) is 1.32. The second-order valence-electron chi connectivity index (χ2n) is 2.14. The minimum absolute atomic E-state index is 0.598. The molecule has 0 aliphatic carbocycles. The van der Waals surface area contributed by atoms with Gasteiger partial charge in [-0.1, -0.05) is 5.92 Å². The maximum absolute atomic E-state index is 5.24. The quantitative estimate of drug-likeness (QED) is 0.560. The highest BCUT2D eigenvalue weighted by molar-refractivity contribution is 5.42. The summed E-state index contributed by atoms with van der Waals surface area (Å²) in [6.07, 6.45) is 6.88. The molecule has 0 aromatic carbocycles. The molecule has 0 N–H and O–H groups in total. The highest BCUT2D eigenvalue weighted by Gasteiger charge is 2.01. The molecule has 0 aliphatic heterocycles. The molecule has 0 fully saturated rings. The lowest BCUT2D eigenvalue weighted by atomic mass is 10.2. The minimum Gasteiger partial charge on any atom is -0.481 e. The highest BCUT2D eigenvalue weighted by atomic mass is 16.5. The van der Waals surface area contributed by atoms with Gasteiger partial charge in [0.1, 0.15) is 0 Å². The van der Waals surface area contributed by atoms with E-state index in [1.165, 1.54) is 0 Å². The highest BCUT2D eigenvalue weighted by Crippen LogP contribution is 2.15. The van der Waals surface area contributed by atoms with Crippen LogP contribution in [0.3, 0.4) is 0 Å². The van der Waals surface area contributed by atoms with Crippen molar-refractivity contribution in [1.82, 2.24) is 4.98 Å². The second kappa shape index (κ2) is 3.07. The summed E-state index contributed by atoms with van der Waals surface area (Å²) in [5, 5.41) is 0. The number of terminal acetylenes is 1. The van der Waals surface area contributed by atoms with Crippen LogP contribution in [0.15, 0.2) is 12.3 Å². The molecule has 0 unspecified atom stereocenters. The van der Waals surface area contributed by atoms with E-state index in [1.54, 1.807) is 19.4 Å². The van der Waals surface area contributed by atoms with Gasteiger partial charge in [-0.15, -0.1) is 6.42 Å². The number of rotatable bonds is 1. The maximum Gasteiger partial charge on any atom is 0.217 e. The van der Waals surface area contributed by atoms with Gasteiger partial charge in [0.25, 0.3) is 0 Å². The van der Waals surface area contributed by atoms with E-state index < -0.39 is 0 Å². The van der Waals surface area contributed by atoms with Crippen molar-refractivity contribution in [2.24, 2.45) is 0 Å². The average Bonchev–Trinajstić information content (AvgIpc) is 2.05. The molecule has 0 bridgehead atoms. The summed E-state index contributed by atoms with van der Waals surface area (Å²) >= 11 is 0. The van der Waals surface area contributed by atoms with E-state index in [-0.39, 0.29) is 0 Å². The summed E-state index contributed by atoms with van der Waals surface area (Å²) in [4.78, 5) is 3.99. The third-order valence-corrected chi connectivity index (χ3v) is 1.51. The Morgan fingerprint density at radius 3 is 2.91 bits per heavy atom. The largest absolute Gasteiger partial charge is 0.481 e. The van der Waals surface area contributed by atoms with Gasteiger partial charge in [-0.2, -0.15) is 0 Å². The van der Waals surface area contributed by atoms with Gasteiger partial charge in [-0.3, -0.25) is 0 Å². The number of ether oxygens (including phenoxy) is 1. The number of aromatic nitrogens is 1. The first-order chi connectivity index (χ1) is 5.29. The zero-order chi connectivity index (χ0) is 8.27. The smallest absolute Gasteiger partial charge is 0.217 e. The normalized spacial score (nSPS) is 8.82. The van der Waals surface area contributed by atoms with Gasteiger partial charge in [0.05, 0.1) is 7.11 Å². The fraction of sp³-hybridized carbons (Fsp3) is 0.222. The fourth-order valence-electron chi connectivity index (χ4n) is 0.879. The van der Waals surface area contributed by atoms with Crippen LogP contribution in [0.5, 0.6) is 5.88 Å². The van der Waals surface area contributed by atoms with Crippen LogP contribution in [0, 0.1) is 19.3 Å². The second-order valence-corrected chi connectivity index (χ2v) is 2.14. The van der Waals surface area contributed by atoms with Gasteiger partial charge in [-0.05, 0) is 13.0 Å². The number of hydrogen-bond acceptors (Lipinski definition) is 2. The molecule has 0 amide bonds. The molecule has 1 aromatic rings. The topological polar surface area (TPSA) is 22.1 Å². The lowest BCUT2D eigenvalue weighted by Gasteiger charge is -2.03. The molecule has 0 radical (unpaired) electrons. The summed E-state index contributed by atoms with van der Waals surface area (Å²) < 4.78 is 4.98. The molecule has 56 valence electrons. The van der Waals surface area contributed by atoms with Crippen molar-refractivity contribution in [3.63, 3.8) is 0 Å². The Balaban J connectivity index is 3.23. The van der Waals surface area contributed by atoms with Crippen LogP contribution in [-0.4, -0.2) is 12.1 Å². The SMILES string of the molecule is C#Cc1ccnc(OC)c1C. The summed E-state index contributed by atoms with van der Waals surface area (Å²) in [5.41, 5.74) is 1.74. The Kier molecular flexibility index (Phi) is 2.12. The van der Waals surface area contributed by atoms with E-state index in [0.717, 1.165) is 11.1 Å². The molecule has 2 heteroatoms. The van der Waals surface area contributed by atoms with E-state index in [2.05, 4.69) is 10.9 Å². The van der Waals surface area contributed by atoms with Gasteiger partial charge < -0.3 is 4.74 Å². The first-order valence-corrected chi connectivity index (χ1v) is 3.25. The maximum atomic E-state index is 5.24. The molecule has 1 aromatic heterocycles. The van der Waals surface area contributed by atoms with E-state index in [9.17, 15) is 0 Å². The van der Waals surface area contributed by atoms with E-state index >= 15 is 0 Å². The minimum atomic E-state index is 0.598. The van der Waals surface area contributed by atoms with Crippen LogP contribution in [-0.2, 0) is 0 Å². The van der Waals surface area contributed by atoms with Crippen LogP contribution in [0.25, 0.3) is 0 Å². The molecule has 1 rings (SSSR count). The average molecular weight is 147 g/mol. The molecule has 0 spiro atoms. The third-order valence-electron chi connectivity index (χ3n) is 1.51. The van der Waals surface area contributed by atoms with Crippen LogP contribution in [0.2, 0.25) is 0 Å². The fourth-order valence-corrected chi connectivity index (χ4v) is 0.879. The van der Waals surface area contributed by atoms with Gasteiger partial charge in [0.2, 0.25) is 5.88 Å². The number of hydrogen-bond donors (Lipinski definition) is 0. The Hall–Kier alpha value is -1.49. The van der Waals surface area contributed by atoms with Crippen LogP contribution in [0.4, 0.5) is 0 Å². The van der Waals surface area contributed by atoms with Crippen LogP contribution < -0.4 is 4.74 Å². The summed E-state index contributed by atoms with van der Waals surface area (Å²) in [7, 11) is 1.58. The standard InChI is InChI=1S/C9H9NO/c1-4-8-5-6-10-9(11-3)7(8)2/h1,5-6H,2-3H3. The molecule has 0 atom stereocenters. The van der Waals surface area contributed by atoms with Gasteiger partial charge in [0.15, 0.2) is 0 Å². The predicted octanol–water partition coefficient (Wildman–Crippen LogP) is 1.38. The van der Waals surface area contributed by atoms with E-state index in [4.69, 9.17) is 11.2 Å². The first kappa shape index (κ1) is 7.62. The summed E-state index contributed by atoms with van der Waals surface area (Å²) in [5.74, 6) is 3.15. The first-order valence-electron chi connectivity index (χ1n) is 3.25.